The van der Waals surface area contributed by atoms with Crippen LogP contribution >= 0.6 is 0 Å². The van der Waals surface area contributed by atoms with E-state index < -0.39 is 0 Å². The van der Waals surface area contributed by atoms with Crippen LogP contribution in [0.4, 0.5) is 0 Å². The number of ether oxygens (including phenoxy) is 2. The fourth-order valence-corrected chi connectivity index (χ4v) is 1.71. The highest BCUT2D eigenvalue weighted by Crippen LogP contribution is 2.34. The van der Waals surface area contributed by atoms with Crippen LogP contribution in [0.25, 0.3) is 0 Å². The highest BCUT2D eigenvalue weighted by atomic mass is 16.5. The Hall–Kier alpha value is -1.22. The molecule has 0 saturated heterocycles. The molecule has 1 rings (SSSR count). The zero-order valence-corrected chi connectivity index (χ0v) is 10.5. The fraction of sp³-hybridized carbons (Fsp3) is 0.538. The number of hydrogen-bond donors (Lipinski definition) is 1. The normalized spacial score (nSPS) is 14.3. The standard InChI is InChI=1S/C13H21NO2/c1-9(8-14)10(2)12-7-11(15-3)5-6-13(12)16-4/h5-7,9-10H,8,14H2,1-4H3. The summed E-state index contributed by atoms with van der Waals surface area (Å²) in [5, 5.41) is 0. The lowest BCUT2D eigenvalue weighted by Crippen LogP contribution is -2.17. The lowest BCUT2D eigenvalue weighted by atomic mass is 9.88. The Morgan fingerprint density at radius 3 is 2.38 bits per heavy atom. The molecule has 0 saturated carbocycles. The quantitative estimate of drug-likeness (QED) is 0.833. The van der Waals surface area contributed by atoms with E-state index in [0.29, 0.717) is 18.4 Å². The van der Waals surface area contributed by atoms with Crippen LogP contribution in [-0.4, -0.2) is 20.8 Å². The number of hydrogen-bond acceptors (Lipinski definition) is 3. The van der Waals surface area contributed by atoms with Crippen LogP contribution in [0.2, 0.25) is 0 Å². The molecule has 0 spiro atoms. The summed E-state index contributed by atoms with van der Waals surface area (Å²) in [6.45, 7) is 4.97. The van der Waals surface area contributed by atoms with Crippen molar-refractivity contribution in [3.8, 4) is 11.5 Å². The molecule has 1 aromatic carbocycles. The van der Waals surface area contributed by atoms with Crippen LogP contribution in [0.1, 0.15) is 25.3 Å². The topological polar surface area (TPSA) is 44.5 Å². The molecule has 2 unspecified atom stereocenters. The third-order valence-corrected chi connectivity index (χ3v) is 3.15. The maximum absolute atomic E-state index is 5.70. The smallest absolute Gasteiger partial charge is 0.122 e. The van der Waals surface area contributed by atoms with Crippen LogP contribution in [0, 0.1) is 5.92 Å². The third kappa shape index (κ3) is 2.67. The second-order valence-electron chi connectivity index (χ2n) is 4.11. The molecular weight excluding hydrogens is 202 g/mol. The van der Waals surface area contributed by atoms with Crippen molar-refractivity contribution < 1.29 is 9.47 Å². The van der Waals surface area contributed by atoms with E-state index in [1.165, 1.54) is 0 Å². The monoisotopic (exact) mass is 223 g/mol. The van der Waals surface area contributed by atoms with Gasteiger partial charge in [0.1, 0.15) is 11.5 Å². The predicted molar refractivity (Wildman–Crippen MR) is 66.2 cm³/mol. The van der Waals surface area contributed by atoms with E-state index >= 15 is 0 Å². The van der Waals surface area contributed by atoms with Crippen molar-refractivity contribution in [3.05, 3.63) is 23.8 Å². The Balaban J connectivity index is 3.07. The molecule has 0 aliphatic rings. The van der Waals surface area contributed by atoms with Crippen molar-refractivity contribution in [2.45, 2.75) is 19.8 Å². The zero-order chi connectivity index (χ0) is 12.1. The van der Waals surface area contributed by atoms with Crippen LogP contribution in [-0.2, 0) is 0 Å². The summed E-state index contributed by atoms with van der Waals surface area (Å²) < 4.78 is 10.6. The van der Waals surface area contributed by atoms with E-state index in [2.05, 4.69) is 13.8 Å². The maximum atomic E-state index is 5.70. The molecule has 3 nitrogen and oxygen atoms in total. The van der Waals surface area contributed by atoms with Crippen molar-refractivity contribution in [1.82, 2.24) is 0 Å². The molecule has 0 heterocycles. The molecule has 0 aliphatic carbocycles. The van der Waals surface area contributed by atoms with Gasteiger partial charge < -0.3 is 15.2 Å². The SMILES string of the molecule is COc1ccc(OC)c(C(C)C(C)CN)c1. The van der Waals surface area contributed by atoms with Crippen molar-refractivity contribution in [1.29, 1.82) is 0 Å². The summed E-state index contributed by atoms with van der Waals surface area (Å²) in [7, 11) is 3.35. The van der Waals surface area contributed by atoms with Gasteiger partial charge in [-0.1, -0.05) is 13.8 Å². The van der Waals surface area contributed by atoms with Gasteiger partial charge in [0.25, 0.3) is 0 Å². The van der Waals surface area contributed by atoms with Crippen molar-refractivity contribution in [2.75, 3.05) is 20.8 Å². The second-order valence-corrected chi connectivity index (χ2v) is 4.11. The van der Waals surface area contributed by atoms with Crippen molar-refractivity contribution >= 4 is 0 Å². The van der Waals surface area contributed by atoms with Gasteiger partial charge in [-0.25, -0.2) is 0 Å². The van der Waals surface area contributed by atoms with Crippen LogP contribution in [0.5, 0.6) is 11.5 Å². The first-order chi connectivity index (χ1) is 7.63. The van der Waals surface area contributed by atoms with E-state index in [1.807, 2.05) is 18.2 Å². The summed E-state index contributed by atoms with van der Waals surface area (Å²) in [4.78, 5) is 0. The van der Waals surface area contributed by atoms with E-state index in [1.54, 1.807) is 14.2 Å². The second kappa shape index (κ2) is 5.75. The van der Waals surface area contributed by atoms with Gasteiger partial charge in [0.2, 0.25) is 0 Å². The molecule has 1 aromatic rings. The predicted octanol–water partition coefficient (Wildman–Crippen LogP) is 2.40. The van der Waals surface area contributed by atoms with Gasteiger partial charge in [-0.2, -0.15) is 0 Å². The number of rotatable bonds is 5. The molecule has 90 valence electrons. The van der Waals surface area contributed by atoms with Gasteiger partial charge >= 0.3 is 0 Å². The molecule has 0 bridgehead atoms. The highest BCUT2D eigenvalue weighted by Gasteiger charge is 2.17. The highest BCUT2D eigenvalue weighted by molar-refractivity contribution is 5.42. The first-order valence-electron chi connectivity index (χ1n) is 5.56. The lowest BCUT2D eigenvalue weighted by Gasteiger charge is -2.21. The molecule has 2 N–H and O–H groups in total. The first-order valence-corrected chi connectivity index (χ1v) is 5.56. The van der Waals surface area contributed by atoms with Crippen LogP contribution < -0.4 is 15.2 Å². The Morgan fingerprint density at radius 1 is 1.19 bits per heavy atom. The molecule has 0 amide bonds. The van der Waals surface area contributed by atoms with Gasteiger partial charge in [-0.15, -0.1) is 0 Å². The molecular formula is C13H21NO2. The Morgan fingerprint density at radius 2 is 1.88 bits per heavy atom. The average molecular weight is 223 g/mol. The zero-order valence-electron chi connectivity index (χ0n) is 10.5. The van der Waals surface area contributed by atoms with Crippen LogP contribution in [0.3, 0.4) is 0 Å². The minimum Gasteiger partial charge on any atom is -0.497 e. The van der Waals surface area contributed by atoms with Gasteiger partial charge in [0.15, 0.2) is 0 Å². The molecule has 16 heavy (non-hydrogen) atoms. The minimum atomic E-state index is 0.357. The minimum absolute atomic E-state index is 0.357. The summed E-state index contributed by atoms with van der Waals surface area (Å²) in [6.07, 6.45) is 0. The van der Waals surface area contributed by atoms with E-state index in [9.17, 15) is 0 Å². The summed E-state index contributed by atoms with van der Waals surface area (Å²) in [5.41, 5.74) is 6.85. The maximum Gasteiger partial charge on any atom is 0.122 e. The Kier molecular flexibility index (Phi) is 4.62. The number of benzene rings is 1. The molecule has 0 aliphatic heterocycles. The molecule has 2 atom stereocenters. The fourth-order valence-electron chi connectivity index (χ4n) is 1.71. The largest absolute Gasteiger partial charge is 0.497 e. The Labute approximate surface area is 97.6 Å². The first kappa shape index (κ1) is 12.8. The van der Waals surface area contributed by atoms with Gasteiger partial charge in [0.05, 0.1) is 14.2 Å². The van der Waals surface area contributed by atoms with Gasteiger partial charge in [-0.3, -0.25) is 0 Å². The average Bonchev–Trinajstić information content (AvgIpc) is 2.35. The molecule has 0 aromatic heterocycles. The molecule has 0 fully saturated rings. The van der Waals surface area contributed by atoms with Crippen LogP contribution in [0.15, 0.2) is 18.2 Å². The summed E-state index contributed by atoms with van der Waals surface area (Å²) >= 11 is 0. The number of methoxy groups -OCH3 is 2. The lowest BCUT2D eigenvalue weighted by molar-refractivity contribution is 0.387. The van der Waals surface area contributed by atoms with Crippen molar-refractivity contribution in [3.63, 3.8) is 0 Å². The summed E-state index contributed by atoms with van der Waals surface area (Å²) in [5.74, 6) is 2.52. The summed E-state index contributed by atoms with van der Waals surface area (Å²) in [6, 6.07) is 5.87. The molecule has 0 radical (unpaired) electrons. The number of nitrogens with two attached hydrogens (primary N) is 1. The third-order valence-electron chi connectivity index (χ3n) is 3.15. The van der Waals surface area contributed by atoms with E-state index in [4.69, 9.17) is 15.2 Å². The van der Waals surface area contributed by atoms with E-state index in [-0.39, 0.29) is 0 Å². The van der Waals surface area contributed by atoms with E-state index in [0.717, 1.165) is 17.1 Å². The Bertz CT molecular complexity index is 339. The van der Waals surface area contributed by atoms with Crippen molar-refractivity contribution in [2.24, 2.45) is 11.7 Å². The molecule has 3 heteroatoms. The van der Waals surface area contributed by atoms with Gasteiger partial charge in [-0.05, 0) is 36.6 Å². The van der Waals surface area contributed by atoms with Gasteiger partial charge in [0, 0.05) is 5.56 Å².